The van der Waals surface area contributed by atoms with Crippen molar-refractivity contribution in [2.24, 2.45) is 0 Å². The quantitative estimate of drug-likeness (QED) is 0.823. The number of hydrogen-bond acceptors (Lipinski definition) is 3. The molecule has 1 aliphatic carbocycles. The summed E-state index contributed by atoms with van der Waals surface area (Å²) in [6.45, 7) is 1.99. The van der Waals surface area contributed by atoms with Crippen LogP contribution in [-0.4, -0.2) is 27.7 Å². The summed E-state index contributed by atoms with van der Waals surface area (Å²) in [6, 6.07) is 3.48. The average Bonchev–Trinajstić information content (AvgIpc) is 2.67. The minimum absolute atomic E-state index is 0.00338. The van der Waals surface area contributed by atoms with Gasteiger partial charge in [0.25, 0.3) is 5.56 Å². The molecule has 21 heavy (non-hydrogen) atoms. The van der Waals surface area contributed by atoms with Crippen LogP contribution >= 0.6 is 0 Å². The molecule has 1 aromatic heterocycles. The molecule has 0 aromatic carbocycles. The normalized spacial score (nSPS) is 18.0. The fraction of sp³-hybridized carbons (Fsp3) is 0.625. The van der Waals surface area contributed by atoms with E-state index in [4.69, 9.17) is 0 Å². The van der Waals surface area contributed by atoms with Gasteiger partial charge in [-0.2, -0.15) is 0 Å². The SMILES string of the molecule is Cc1cccn(CC(=O)NCC2(O)CCCCCC2)c1=O. The van der Waals surface area contributed by atoms with Crippen LogP contribution < -0.4 is 10.9 Å². The van der Waals surface area contributed by atoms with E-state index in [2.05, 4.69) is 5.32 Å². The van der Waals surface area contributed by atoms with E-state index < -0.39 is 5.60 Å². The Morgan fingerprint density at radius 1 is 1.33 bits per heavy atom. The van der Waals surface area contributed by atoms with Gasteiger partial charge in [-0.25, -0.2) is 0 Å². The minimum Gasteiger partial charge on any atom is -0.388 e. The van der Waals surface area contributed by atoms with Crippen LogP contribution in [0.1, 0.15) is 44.1 Å². The number of nitrogens with one attached hydrogen (secondary N) is 1. The van der Waals surface area contributed by atoms with Gasteiger partial charge in [0.05, 0.1) is 5.60 Å². The lowest BCUT2D eigenvalue weighted by Crippen LogP contribution is -2.44. The van der Waals surface area contributed by atoms with Gasteiger partial charge < -0.3 is 15.0 Å². The summed E-state index contributed by atoms with van der Waals surface area (Å²) < 4.78 is 1.39. The topological polar surface area (TPSA) is 71.3 Å². The highest BCUT2D eigenvalue weighted by molar-refractivity contribution is 5.75. The van der Waals surface area contributed by atoms with Crippen LogP contribution in [0.15, 0.2) is 23.1 Å². The van der Waals surface area contributed by atoms with Gasteiger partial charge in [0.1, 0.15) is 6.54 Å². The molecule has 1 amide bonds. The monoisotopic (exact) mass is 292 g/mol. The molecular weight excluding hydrogens is 268 g/mol. The molecule has 5 heteroatoms. The highest BCUT2D eigenvalue weighted by atomic mass is 16.3. The lowest BCUT2D eigenvalue weighted by atomic mass is 9.94. The number of aliphatic hydroxyl groups is 1. The van der Waals surface area contributed by atoms with Gasteiger partial charge in [-0.05, 0) is 25.8 Å². The number of carbonyl (C=O) groups excluding carboxylic acids is 1. The van der Waals surface area contributed by atoms with E-state index in [0.717, 1.165) is 38.5 Å². The maximum absolute atomic E-state index is 12.0. The third-order valence-corrected chi connectivity index (χ3v) is 4.17. The van der Waals surface area contributed by atoms with E-state index in [-0.39, 0.29) is 24.6 Å². The third-order valence-electron chi connectivity index (χ3n) is 4.17. The van der Waals surface area contributed by atoms with Crippen LogP contribution in [-0.2, 0) is 11.3 Å². The van der Waals surface area contributed by atoms with Crippen LogP contribution in [0.4, 0.5) is 0 Å². The van der Waals surface area contributed by atoms with E-state index in [0.29, 0.717) is 5.56 Å². The van der Waals surface area contributed by atoms with E-state index >= 15 is 0 Å². The first-order valence-corrected chi connectivity index (χ1v) is 7.65. The molecule has 0 aliphatic heterocycles. The summed E-state index contributed by atoms with van der Waals surface area (Å²) in [5.41, 5.74) is -0.322. The maximum Gasteiger partial charge on any atom is 0.253 e. The summed E-state index contributed by atoms with van der Waals surface area (Å²) in [6.07, 6.45) is 7.38. The van der Waals surface area contributed by atoms with Crippen molar-refractivity contribution in [3.63, 3.8) is 0 Å². The highest BCUT2D eigenvalue weighted by Crippen LogP contribution is 2.26. The Morgan fingerprint density at radius 2 is 2.00 bits per heavy atom. The predicted octanol–water partition coefficient (Wildman–Crippen LogP) is 1.36. The lowest BCUT2D eigenvalue weighted by Gasteiger charge is -2.26. The first kappa shape index (κ1) is 15.8. The summed E-state index contributed by atoms with van der Waals surface area (Å²) in [4.78, 5) is 23.8. The zero-order valence-electron chi connectivity index (χ0n) is 12.6. The molecule has 0 radical (unpaired) electrons. The molecular formula is C16H24N2O3. The molecule has 5 nitrogen and oxygen atoms in total. The number of aromatic nitrogens is 1. The fourth-order valence-corrected chi connectivity index (χ4v) is 2.82. The number of carbonyl (C=O) groups is 1. The molecule has 1 fully saturated rings. The van der Waals surface area contributed by atoms with Crippen LogP contribution in [0.5, 0.6) is 0 Å². The standard InChI is InChI=1S/C16H24N2O3/c1-13-7-6-10-18(15(13)20)11-14(19)17-12-16(21)8-4-2-3-5-9-16/h6-7,10,21H,2-5,8-9,11-12H2,1H3,(H,17,19). The zero-order chi connectivity index (χ0) is 15.3. The first-order valence-electron chi connectivity index (χ1n) is 7.65. The lowest BCUT2D eigenvalue weighted by molar-refractivity contribution is -0.123. The number of amides is 1. The summed E-state index contributed by atoms with van der Waals surface area (Å²) in [5, 5.41) is 13.2. The van der Waals surface area contributed by atoms with Crippen molar-refractivity contribution in [2.45, 2.75) is 57.6 Å². The second kappa shape index (κ2) is 6.89. The largest absolute Gasteiger partial charge is 0.388 e. The number of nitrogens with zero attached hydrogens (tertiary/aromatic N) is 1. The third kappa shape index (κ3) is 4.43. The smallest absolute Gasteiger partial charge is 0.253 e. The highest BCUT2D eigenvalue weighted by Gasteiger charge is 2.28. The molecule has 116 valence electrons. The predicted molar refractivity (Wildman–Crippen MR) is 81.1 cm³/mol. The molecule has 0 atom stereocenters. The van der Waals surface area contributed by atoms with E-state index in [9.17, 15) is 14.7 Å². The number of rotatable bonds is 4. The van der Waals surface area contributed by atoms with Crippen molar-refractivity contribution in [3.05, 3.63) is 34.2 Å². The Hall–Kier alpha value is -1.62. The van der Waals surface area contributed by atoms with Gasteiger partial charge in [-0.15, -0.1) is 0 Å². The zero-order valence-corrected chi connectivity index (χ0v) is 12.6. The van der Waals surface area contributed by atoms with Crippen LogP contribution in [0, 0.1) is 6.92 Å². The fourth-order valence-electron chi connectivity index (χ4n) is 2.82. The second-order valence-corrected chi connectivity index (χ2v) is 6.04. The molecule has 2 rings (SSSR count). The van der Waals surface area contributed by atoms with Crippen molar-refractivity contribution in [1.29, 1.82) is 0 Å². The molecule has 0 saturated heterocycles. The Morgan fingerprint density at radius 3 is 2.67 bits per heavy atom. The molecule has 1 aromatic rings. The van der Waals surface area contributed by atoms with Crippen LogP contribution in [0.2, 0.25) is 0 Å². The van der Waals surface area contributed by atoms with Crippen molar-refractivity contribution >= 4 is 5.91 Å². The Bertz CT molecular complexity index is 543. The average molecular weight is 292 g/mol. The van der Waals surface area contributed by atoms with Gasteiger partial charge in [0.15, 0.2) is 0 Å². The Kier molecular flexibility index (Phi) is 5.17. The molecule has 0 spiro atoms. The first-order chi connectivity index (χ1) is 10.0. The van der Waals surface area contributed by atoms with Gasteiger partial charge in [0.2, 0.25) is 5.91 Å². The van der Waals surface area contributed by atoms with E-state index in [1.165, 1.54) is 4.57 Å². The van der Waals surface area contributed by atoms with Crippen LogP contribution in [0.3, 0.4) is 0 Å². The van der Waals surface area contributed by atoms with Gasteiger partial charge in [-0.3, -0.25) is 9.59 Å². The molecule has 1 aliphatic rings. The summed E-state index contributed by atoms with van der Waals surface area (Å²) in [5.74, 6) is -0.236. The maximum atomic E-state index is 12.0. The van der Waals surface area contributed by atoms with E-state index in [1.807, 2.05) is 0 Å². The Balaban J connectivity index is 1.90. The second-order valence-electron chi connectivity index (χ2n) is 6.04. The molecule has 0 bridgehead atoms. The van der Waals surface area contributed by atoms with Crippen molar-refractivity contribution in [2.75, 3.05) is 6.54 Å². The van der Waals surface area contributed by atoms with Gasteiger partial charge in [-0.1, -0.05) is 31.7 Å². The summed E-state index contributed by atoms with van der Waals surface area (Å²) >= 11 is 0. The molecule has 2 N–H and O–H groups in total. The number of pyridine rings is 1. The Labute approximate surface area is 125 Å². The molecule has 1 saturated carbocycles. The van der Waals surface area contributed by atoms with E-state index in [1.54, 1.807) is 25.3 Å². The van der Waals surface area contributed by atoms with Gasteiger partial charge >= 0.3 is 0 Å². The van der Waals surface area contributed by atoms with Crippen molar-refractivity contribution in [3.8, 4) is 0 Å². The number of aryl methyl sites for hydroxylation is 1. The summed E-state index contributed by atoms with van der Waals surface area (Å²) in [7, 11) is 0. The van der Waals surface area contributed by atoms with Gasteiger partial charge in [0, 0.05) is 18.3 Å². The molecule has 1 heterocycles. The number of hydrogen-bond donors (Lipinski definition) is 2. The van der Waals surface area contributed by atoms with Crippen molar-refractivity contribution < 1.29 is 9.90 Å². The minimum atomic E-state index is -0.788. The van der Waals surface area contributed by atoms with Crippen molar-refractivity contribution in [1.82, 2.24) is 9.88 Å². The van der Waals surface area contributed by atoms with Crippen LogP contribution in [0.25, 0.3) is 0 Å². The molecule has 0 unspecified atom stereocenters.